The van der Waals surface area contributed by atoms with E-state index in [4.69, 9.17) is 0 Å². The Hall–Kier alpha value is -0.120. The van der Waals surface area contributed by atoms with Gasteiger partial charge >= 0.3 is 0 Å². The van der Waals surface area contributed by atoms with Gasteiger partial charge in [-0.2, -0.15) is 0 Å². The second-order valence-corrected chi connectivity index (χ2v) is 6.92. The van der Waals surface area contributed by atoms with Crippen LogP contribution in [-0.4, -0.2) is 59.3 Å². The zero-order valence-corrected chi connectivity index (χ0v) is 13.2. The lowest BCUT2D eigenvalue weighted by Gasteiger charge is -2.48. The molecule has 0 amide bonds. The van der Waals surface area contributed by atoms with Gasteiger partial charge in [0.25, 0.3) is 0 Å². The van der Waals surface area contributed by atoms with Crippen LogP contribution in [0.15, 0.2) is 0 Å². The first-order valence-electron chi connectivity index (χ1n) is 8.17. The quantitative estimate of drug-likeness (QED) is 0.851. The molecular formula is C16H32N2O. The third-order valence-corrected chi connectivity index (χ3v) is 5.44. The van der Waals surface area contributed by atoms with Crippen molar-refractivity contribution in [2.24, 2.45) is 5.92 Å². The topological polar surface area (TPSA) is 26.7 Å². The Kier molecular flexibility index (Phi) is 5.27. The molecule has 0 spiro atoms. The number of hydrogen-bond acceptors (Lipinski definition) is 3. The molecule has 2 rings (SSSR count). The molecule has 0 aromatic heterocycles. The van der Waals surface area contributed by atoms with Crippen molar-refractivity contribution in [3.63, 3.8) is 0 Å². The Balaban J connectivity index is 1.98. The smallest absolute Gasteiger partial charge is 0.0695 e. The SMILES string of the molecule is CCCC1CCC(O)C(N2CC(C)N(C)C(C)C2)C1. The molecular weight excluding hydrogens is 236 g/mol. The highest BCUT2D eigenvalue weighted by atomic mass is 16.3. The van der Waals surface area contributed by atoms with Gasteiger partial charge in [0.05, 0.1) is 6.10 Å². The molecule has 0 bridgehead atoms. The zero-order valence-electron chi connectivity index (χ0n) is 13.2. The van der Waals surface area contributed by atoms with E-state index in [1.807, 2.05) is 0 Å². The summed E-state index contributed by atoms with van der Waals surface area (Å²) in [4.78, 5) is 5.04. The maximum atomic E-state index is 10.4. The predicted molar refractivity (Wildman–Crippen MR) is 80.3 cm³/mol. The summed E-state index contributed by atoms with van der Waals surface area (Å²) in [5.41, 5.74) is 0. The third-order valence-electron chi connectivity index (χ3n) is 5.44. The van der Waals surface area contributed by atoms with Crippen LogP contribution in [-0.2, 0) is 0 Å². The maximum Gasteiger partial charge on any atom is 0.0695 e. The number of nitrogens with zero attached hydrogens (tertiary/aromatic N) is 2. The van der Waals surface area contributed by atoms with Gasteiger partial charge in [0, 0.05) is 31.2 Å². The number of aliphatic hydroxyl groups excluding tert-OH is 1. The van der Waals surface area contributed by atoms with E-state index < -0.39 is 0 Å². The largest absolute Gasteiger partial charge is 0.391 e. The van der Waals surface area contributed by atoms with Gasteiger partial charge in [-0.05, 0) is 46.1 Å². The van der Waals surface area contributed by atoms with Crippen LogP contribution in [0.1, 0.15) is 52.9 Å². The van der Waals surface area contributed by atoms with Gasteiger partial charge < -0.3 is 5.11 Å². The van der Waals surface area contributed by atoms with Crippen LogP contribution in [0.25, 0.3) is 0 Å². The molecule has 1 saturated heterocycles. The zero-order chi connectivity index (χ0) is 14.0. The third kappa shape index (κ3) is 3.50. The van der Waals surface area contributed by atoms with E-state index in [-0.39, 0.29) is 6.10 Å². The summed E-state index contributed by atoms with van der Waals surface area (Å²) in [6.07, 6.45) is 5.95. The van der Waals surface area contributed by atoms with Crippen molar-refractivity contribution in [1.29, 1.82) is 0 Å². The van der Waals surface area contributed by atoms with Crippen LogP contribution in [0.5, 0.6) is 0 Å². The van der Waals surface area contributed by atoms with E-state index in [0.717, 1.165) is 25.4 Å². The van der Waals surface area contributed by atoms with Crippen LogP contribution in [0.2, 0.25) is 0 Å². The molecule has 1 aliphatic heterocycles. The van der Waals surface area contributed by atoms with Crippen molar-refractivity contribution < 1.29 is 5.11 Å². The lowest BCUT2D eigenvalue weighted by molar-refractivity contribution is -0.0412. The number of likely N-dealkylation sites (N-methyl/N-ethyl adjacent to an activating group) is 1. The second kappa shape index (κ2) is 6.55. The predicted octanol–water partition coefficient (Wildman–Crippen LogP) is 2.34. The molecule has 3 heteroatoms. The molecule has 2 fully saturated rings. The molecule has 1 N–H and O–H groups in total. The molecule has 2 aliphatic rings. The van der Waals surface area contributed by atoms with Crippen molar-refractivity contribution in [1.82, 2.24) is 9.80 Å². The Morgan fingerprint density at radius 1 is 1.11 bits per heavy atom. The molecule has 1 saturated carbocycles. The summed E-state index contributed by atoms with van der Waals surface area (Å²) in [7, 11) is 2.23. The van der Waals surface area contributed by atoms with Crippen molar-refractivity contribution >= 4 is 0 Å². The van der Waals surface area contributed by atoms with E-state index in [2.05, 4.69) is 37.6 Å². The number of aliphatic hydroxyl groups is 1. The summed E-state index contributed by atoms with van der Waals surface area (Å²) in [6.45, 7) is 9.12. The highest BCUT2D eigenvalue weighted by Crippen LogP contribution is 2.32. The second-order valence-electron chi connectivity index (χ2n) is 6.92. The minimum atomic E-state index is -0.101. The maximum absolute atomic E-state index is 10.4. The Labute approximate surface area is 119 Å². The van der Waals surface area contributed by atoms with Gasteiger partial charge in [0.1, 0.15) is 0 Å². The van der Waals surface area contributed by atoms with Gasteiger partial charge in [-0.25, -0.2) is 0 Å². The first-order chi connectivity index (χ1) is 9.02. The lowest BCUT2D eigenvalue weighted by Crippen LogP contribution is -2.60. The summed E-state index contributed by atoms with van der Waals surface area (Å²) < 4.78 is 0. The first-order valence-corrected chi connectivity index (χ1v) is 8.17. The Bertz CT molecular complexity index is 272. The molecule has 1 heterocycles. The van der Waals surface area contributed by atoms with Crippen LogP contribution in [0, 0.1) is 5.92 Å². The highest BCUT2D eigenvalue weighted by molar-refractivity contribution is 4.92. The highest BCUT2D eigenvalue weighted by Gasteiger charge is 2.37. The van der Waals surface area contributed by atoms with Gasteiger partial charge in [-0.15, -0.1) is 0 Å². The molecule has 112 valence electrons. The molecule has 0 radical (unpaired) electrons. The van der Waals surface area contributed by atoms with E-state index in [1.54, 1.807) is 0 Å². The van der Waals surface area contributed by atoms with Crippen LogP contribution < -0.4 is 0 Å². The average molecular weight is 268 g/mol. The fourth-order valence-corrected chi connectivity index (χ4v) is 3.99. The fraction of sp³-hybridized carbons (Fsp3) is 1.00. The number of rotatable bonds is 3. The fourth-order valence-electron chi connectivity index (χ4n) is 3.99. The van der Waals surface area contributed by atoms with Crippen LogP contribution in [0.4, 0.5) is 0 Å². The summed E-state index contributed by atoms with van der Waals surface area (Å²) in [6, 6.07) is 1.61. The molecule has 5 atom stereocenters. The minimum Gasteiger partial charge on any atom is -0.391 e. The van der Waals surface area contributed by atoms with E-state index >= 15 is 0 Å². The van der Waals surface area contributed by atoms with E-state index in [0.29, 0.717) is 18.1 Å². The summed E-state index contributed by atoms with van der Waals surface area (Å²) in [5, 5.41) is 10.4. The molecule has 19 heavy (non-hydrogen) atoms. The molecule has 0 aromatic rings. The van der Waals surface area contributed by atoms with E-state index in [9.17, 15) is 5.11 Å². The van der Waals surface area contributed by atoms with Crippen LogP contribution in [0.3, 0.4) is 0 Å². The van der Waals surface area contributed by atoms with Gasteiger partial charge in [-0.1, -0.05) is 19.8 Å². The standard InChI is InChI=1S/C16H32N2O/c1-5-6-14-7-8-16(19)15(9-14)18-10-12(2)17(4)13(3)11-18/h12-16,19H,5-11H2,1-4H3. The van der Waals surface area contributed by atoms with Gasteiger partial charge in [0.15, 0.2) is 0 Å². The van der Waals surface area contributed by atoms with Gasteiger partial charge in [-0.3, -0.25) is 9.80 Å². The molecule has 1 aliphatic carbocycles. The van der Waals surface area contributed by atoms with Crippen molar-refractivity contribution in [2.75, 3.05) is 20.1 Å². The minimum absolute atomic E-state index is 0.101. The molecule has 3 nitrogen and oxygen atoms in total. The number of piperazine rings is 1. The number of hydrogen-bond donors (Lipinski definition) is 1. The van der Waals surface area contributed by atoms with Crippen molar-refractivity contribution in [3.05, 3.63) is 0 Å². The first kappa shape index (κ1) is 15.3. The Morgan fingerprint density at radius 2 is 1.74 bits per heavy atom. The van der Waals surface area contributed by atoms with Gasteiger partial charge in [0.2, 0.25) is 0 Å². The lowest BCUT2D eigenvalue weighted by atomic mass is 9.80. The van der Waals surface area contributed by atoms with Crippen molar-refractivity contribution in [2.45, 2.75) is 77.1 Å². The van der Waals surface area contributed by atoms with E-state index in [1.165, 1.54) is 25.7 Å². The van der Waals surface area contributed by atoms with Crippen molar-refractivity contribution in [3.8, 4) is 0 Å². The monoisotopic (exact) mass is 268 g/mol. The Morgan fingerprint density at radius 3 is 2.32 bits per heavy atom. The normalized spacial score (nSPS) is 42.5. The molecule has 0 aromatic carbocycles. The average Bonchev–Trinajstić information content (AvgIpc) is 2.38. The summed E-state index contributed by atoms with van der Waals surface area (Å²) >= 11 is 0. The molecule has 5 unspecified atom stereocenters. The summed E-state index contributed by atoms with van der Waals surface area (Å²) in [5.74, 6) is 0.837. The van der Waals surface area contributed by atoms with Crippen LogP contribution >= 0.6 is 0 Å².